The number of benzene rings is 1. The third-order valence-corrected chi connectivity index (χ3v) is 6.95. The number of ether oxygens (including phenoxy) is 4. The van der Waals surface area contributed by atoms with Crippen LogP contribution in [0.4, 0.5) is 0 Å². The van der Waals surface area contributed by atoms with Gasteiger partial charge < -0.3 is 18.9 Å². The predicted octanol–water partition coefficient (Wildman–Crippen LogP) is 5.14. The van der Waals surface area contributed by atoms with Crippen molar-refractivity contribution < 1.29 is 18.9 Å². The maximum atomic E-state index is 6.50. The van der Waals surface area contributed by atoms with E-state index in [4.69, 9.17) is 18.9 Å². The summed E-state index contributed by atoms with van der Waals surface area (Å²) in [6.45, 7) is 4.01. The first-order valence-electron chi connectivity index (χ1n) is 10.5. The van der Waals surface area contributed by atoms with Gasteiger partial charge in [-0.05, 0) is 72.2 Å². The van der Waals surface area contributed by atoms with Crippen LogP contribution in [0.1, 0.15) is 49.8 Å². The Hall–Kier alpha value is -2.30. The lowest BCUT2D eigenvalue weighted by Gasteiger charge is -2.38. The molecular formula is C25H26O4. The topological polar surface area (TPSA) is 36.9 Å². The van der Waals surface area contributed by atoms with Crippen molar-refractivity contribution >= 4 is 0 Å². The van der Waals surface area contributed by atoms with Crippen LogP contribution in [0.2, 0.25) is 0 Å². The van der Waals surface area contributed by atoms with Crippen LogP contribution in [-0.4, -0.2) is 26.1 Å². The van der Waals surface area contributed by atoms with Crippen LogP contribution in [0, 0.1) is 5.92 Å². The molecule has 1 aromatic carbocycles. The molecular weight excluding hydrogens is 364 g/mol. The van der Waals surface area contributed by atoms with Crippen LogP contribution in [0.25, 0.3) is 0 Å². The molecule has 0 spiro atoms. The second-order valence-corrected chi connectivity index (χ2v) is 8.93. The molecule has 0 amide bonds. The summed E-state index contributed by atoms with van der Waals surface area (Å²) in [6, 6.07) is 4.19. The Kier molecular flexibility index (Phi) is 3.55. The van der Waals surface area contributed by atoms with E-state index in [1.807, 2.05) is 13.8 Å². The Morgan fingerprint density at radius 3 is 2.38 bits per heavy atom. The van der Waals surface area contributed by atoms with Crippen molar-refractivity contribution in [2.24, 2.45) is 5.92 Å². The van der Waals surface area contributed by atoms with Crippen molar-refractivity contribution in [1.82, 2.24) is 0 Å². The summed E-state index contributed by atoms with van der Waals surface area (Å²) in [7, 11) is 3.37. The lowest BCUT2D eigenvalue weighted by Crippen LogP contribution is -2.32. The highest BCUT2D eigenvalue weighted by Crippen LogP contribution is 2.58. The zero-order valence-corrected chi connectivity index (χ0v) is 17.3. The first-order chi connectivity index (χ1) is 14.0. The molecule has 4 heteroatoms. The summed E-state index contributed by atoms with van der Waals surface area (Å²) < 4.78 is 24.1. The van der Waals surface area contributed by atoms with Crippen molar-refractivity contribution in [3.05, 3.63) is 69.9 Å². The van der Waals surface area contributed by atoms with Gasteiger partial charge in [0.1, 0.15) is 12.2 Å². The quantitative estimate of drug-likeness (QED) is 0.656. The minimum absolute atomic E-state index is 0.0840. The predicted molar refractivity (Wildman–Crippen MR) is 110 cm³/mol. The first-order valence-corrected chi connectivity index (χ1v) is 10.5. The Balaban J connectivity index is 1.59. The lowest BCUT2D eigenvalue weighted by molar-refractivity contribution is -0.144. The minimum Gasteiger partial charge on any atom is -0.493 e. The van der Waals surface area contributed by atoms with E-state index in [1.54, 1.807) is 14.2 Å². The average molecular weight is 390 g/mol. The van der Waals surface area contributed by atoms with Crippen molar-refractivity contribution in [2.75, 3.05) is 14.2 Å². The fourth-order valence-electron chi connectivity index (χ4n) is 5.82. The Bertz CT molecular complexity index is 1040. The van der Waals surface area contributed by atoms with Gasteiger partial charge in [-0.2, -0.15) is 0 Å². The molecule has 0 N–H and O–H groups in total. The van der Waals surface area contributed by atoms with E-state index in [2.05, 4.69) is 36.4 Å². The van der Waals surface area contributed by atoms with Crippen LogP contribution < -0.4 is 9.47 Å². The van der Waals surface area contributed by atoms with Gasteiger partial charge in [-0.15, -0.1) is 0 Å². The minimum atomic E-state index is -0.625. The summed E-state index contributed by atoms with van der Waals surface area (Å²) in [5.74, 6) is 1.40. The third kappa shape index (κ3) is 2.33. The smallest absolute Gasteiger partial charge is 0.164 e. The molecule has 1 saturated heterocycles. The van der Waals surface area contributed by atoms with Gasteiger partial charge in [0.25, 0.3) is 0 Å². The van der Waals surface area contributed by atoms with E-state index in [9.17, 15) is 0 Å². The molecule has 1 fully saturated rings. The summed E-state index contributed by atoms with van der Waals surface area (Å²) in [5.41, 5.74) is 8.13. The highest BCUT2D eigenvalue weighted by Gasteiger charge is 2.52. The first kappa shape index (κ1) is 17.5. The van der Waals surface area contributed by atoms with Crippen molar-refractivity contribution in [3.8, 4) is 11.5 Å². The fourth-order valence-corrected chi connectivity index (χ4v) is 5.82. The largest absolute Gasteiger partial charge is 0.493 e. The van der Waals surface area contributed by atoms with E-state index < -0.39 is 5.79 Å². The molecule has 1 aromatic rings. The summed E-state index contributed by atoms with van der Waals surface area (Å²) in [4.78, 5) is 0. The van der Waals surface area contributed by atoms with E-state index in [1.165, 1.54) is 27.9 Å². The number of hydrogen-bond donors (Lipinski definition) is 0. The molecule has 4 atom stereocenters. The van der Waals surface area contributed by atoms with Crippen molar-refractivity contribution in [3.63, 3.8) is 0 Å². The molecule has 1 aliphatic heterocycles. The summed E-state index contributed by atoms with van der Waals surface area (Å²) in [6.07, 6.45) is 11.7. The molecule has 5 aliphatic rings. The molecule has 0 bridgehead atoms. The van der Waals surface area contributed by atoms with Gasteiger partial charge in [0, 0.05) is 11.8 Å². The molecule has 4 nitrogen and oxygen atoms in total. The maximum absolute atomic E-state index is 6.50. The van der Waals surface area contributed by atoms with E-state index in [-0.39, 0.29) is 18.1 Å². The van der Waals surface area contributed by atoms with Crippen LogP contribution in [-0.2, 0) is 9.47 Å². The average Bonchev–Trinajstić information content (AvgIpc) is 3.38. The molecule has 4 aliphatic carbocycles. The number of hydrogen-bond acceptors (Lipinski definition) is 4. The molecule has 150 valence electrons. The fraction of sp³-hybridized carbons (Fsp3) is 0.440. The van der Waals surface area contributed by atoms with Crippen LogP contribution in [0.15, 0.2) is 58.7 Å². The highest BCUT2D eigenvalue weighted by atomic mass is 16.8. The Morgan fingerprint density at radius 2 is 1.62 bits per heavy atom. The second kappa shape index (κ2) is 5.87. The summed E-state index contributed by atoms with van der Waals surface area (Å²) in [5, 5.41) is 0. The van der Waals surface area contributed by atoms with Gasteiger partial charge in [-0.3, -0.25) is 0 Å². The molecule has 0 aromatic heterocycles. The van der Waals surface area contributed by atoms with Crippen molar-refractivity contribution in [2.45, 2.75) is 50.6 Å². The zero-order chi connectivity index (χ0) is 19.9. The normalized spacial score (nSPS) is 32.7. The molecule has 0 radical (unpaired) electrons. The van der Waals surface area contributed by atoms with Crippen LogP contribution in [0.5, 0.6) is 11.5 Å². The monoisotopic (exact) mass is 390 g/mol. The summed E-state index contributed by atoms with van der Waals surface area (Å²) >= 11 is 0. The SMILES string of the molecule is COc1cc2c(cc1OC)[C@H]1C=C[C@@H]3C4=CCCC4=CC3=C1[C@H]1OC(C)(C)O[C@H]21. The molecule has 0 saturated carbocycles. The van der Waals surface area contributed by atoms with Gasteiger partial charge in [0.2, 0.25) is 0 Å². The molecule has 1 heterocycles. The Labute approximate surface area is 171 Å². The molecule has 29 heavy (non-hydrogen) atoms. The standard InChI is InChI=1S/C25H26O4/c1-25(2)28-23-19-12-21(27-4)20(26-3)11-17(19)16-9-8-15-14-7-5-6-13(14)10-18(15)22(16)24(23)29-25/h7-12,15-16,23-24H,5-6H2,1-4H3/t15-,16-,23-,24-/m1/s1. The third-order valence-electron chi connectivity index (χ3n) is 6.95. The number of methoxy groups -OCH3 is 2. The molecule has 6 rings (SSSR count). The number of fused-ring (bicyclic) bond motifs is 9. The number of allylic oxidation sites excluding steroid dienone is 7. The highest BCUT2D eigenvalue weighted by molar-refractivity contribution is 5.65. The number of rotatable bonds is 2. The zero-order valence-electron chi connectivity index (χ0n) is 17.3. The Morgan fingerprint density at radius 1 is 0.931 bits per heavy atom. The van der Waals surface area contributed by atoms with Crippen molar-refractivity contribution in [1.29, 1.82) is 0 Å². The van der Waals surface area contributed by atoms with Gasteiger partial charge in [-0.1, -0.05) is 24.3 Å². The molecule has 0 unspecified atom stereocenters. The van der Waals surface area contributed by atoms with Gasteiger partial charge >= 0.3 is 0 Å². The van der Waals surface area contributed by atoms with E-state index in [0.29, 0.717) is 5.92 Å². The second-order valence-electron chi connectivity index (χ2n) is 8.93. The van der Waals surface area contributed by atoms with Crippen LogP contribution in [0.3, 0.4) is 0 Å². The van der Waals surface area contributed by atoms with Gasteiger partial charge in [0.05, 0.1) is 14.2 Å². The maximum Gasteiger partial charge on any atom is 0.164 e. The van der Waals surface area contributed by atoms with Gasteiger partial charge in [-0.25, -0.2) is 0 Å². The van der Waals surface area contributed by atoms with E-state index >= 15 is 0 Å². The van der Waals surface area contributed by atoms with Crippen LogP contribution >= 0.6 is 0 Å². The van der Waals surface area contributed by atoms with Gasteiger partial charge in [0.15, 0.2) is 17.3 Å². The lowest BCUT2D eigenvalue weighted by atomic mass is 9.69. The van der Waals surface area contributed by atoms with E-state index in [0.717, 1.165) is 29.9 Å².